The van der Waals surface area contributed by atoms with Crippen molar-refractivity contribution in [1.82, 2.24) is 0 Å². The fraction of sp³-hybridized carbons (Fsp3) is 0.944. The first kappa shape index (κ1) is 21.6. The maximum Gasteiger partial charge on any atom is 0.164 e. The molecule has 0 radical (unpaired) electrons. The highest BCUT2D eigenvalue weighted by Gasteiger charge is 2.56. The van der Waals surface area contributed by atoms with E-state index in [1.165, 1.54) is 13.8 Å². The summed E-state index contributed by atoms with van der Waals surface area (Å²) in [5.74, 6) is -0.271. The lowest BCUT2D eigenvalue weighted by Gasteiger charge is -2.30. The summed E-state index contributed by atoms with van der Waals surface area (Å²) in [6, 6.07) is 0. The van der Waals surface area contributed by atoms with Gasteiger partial charge in [0.25, 0.3) is 0 Å². The van der Waals surface area contributed by atoms with Crippen LogP contribution in [0.25, 0.3) is 0 Å². The predicted octanol–water partition coefficient (Wildman–Crippen LogP) is 4.50. The van der Waals surface area contributed by atoms with Gasteiger partial charge in [-0.1, -0.05) is 0 Å². The van der Waals surface area contributed by atoms with Crippen LogP contribution >= 0.6 is 0 Å². The van der Waals surface area contributed by atoms with Gasteiger partial charge in [0.2, 0.25) is 0 Å². The van der Waals surface area contributed by atoms with Crippen LogP contribution in [0.3, 0.4) is 0 Å². The molecule has 4 heteroatoms. The first-order valence-electron chi connectivity index (χ1n) is 7.93. The zero-order chi connectivity index (χ0) is 18.2. The second-order valence-corrected chi connectivity index (χ2v) is 8.66. The van der Waals surface area contributed by atoms with Gasteiger partial charge < -0.3 is 19.0 Å². The Balaban J connectivity index is 0.000000343. The van der Waals surface area contributed by atoms with E-state index in [2.05, 4.69) is 55.4 Å². The number of Topliss-reactive ketones (excluding diaryl/α,β-unsaturated/α-hetero) is 1. The van der Waals surface area contributed by atoms with Crippen molar-refractivity contribution in [2.24, 2.45) is 0 Å². The lowest BCUT2D eigenvalue weighted by atomic mass is 9.90. The molecule has 132 valence electrons. The summed E-state index contributed by atoms with van der Waals surface area (Å²) in [4.78, 5) is 9.44. The normalized spacial score (nSPS) is 27.6. The molecule has 0 aliphatic carbocycles. The molecule has 0 N–H and O–H groups in total. The first-order valence-corrected chi connectivity index (χ1v) is 7.93. The van der Waals surface area contributed by atoms with Crippen molar-refractivity contribution in [3.05, 3.63) is 0 Å². The van der Waals surface area contributed by atoms with E-state index < -0.39 is 5.79 Å². The van der Waals surface area contributed by atoms with Crippen LogP contribution in [0.2, 0.25) is 0 Å². The third kappa shape index (κ3) is 5.98. The van der Waals surface area contributed by atoms with E-state index in [4.69, 9.17) is 14.2 Å². The average molecular weight is 316 g/mol. The summed E-state index contributed by atoms with van der Waals surface area (Å²) >= 11 is 0. The van der Waals surface area contributed by atoms with Gasteiger partial charge in [0, 0.05) is 0 Å². The highest BCUT2D eigenvalue weighted by atomic mass is 16.8. The minimum absolute atomic E-state index is 0.146. The van der Waals surface area contributed by atoms with Gasteiger partial charge in [-0.2, -0.15) is 0 Å². The molecule has 2 saturated heterocycles. The summed E-state index contributed by atoms with van der Waals surface area (Å²) < 4.78 is 16.8. The van der Waals surface area contributed by atoms with E-state index in [0.29, 0.717) is 0 Å². The Morgan fingerprint density at radius 3 is 0.773 bits per heavy atom. The Labute approximate surface area is 136 Å². The number of carbonyl (C=O) groups excluding carboxylic acids is 1. The molecule has 2 fully saturated rings. The summed E-state index contributed by atoms with van der Waals surface area (Å²) in [7, 11) is 0. The Morgan fingerprint density at radius 1 is 0.545 bits per heavy atom. The second-order valence-electron chi connectivity index (χ2n) is 8.66. The minimum atomic E-state index is -0.438. The minimum Gasteiger partial charge on any atom is -0.364 e. The Morgan fingerprint density at radius 2 is 0.727 bits per heavy atom. The fourth-order valence-electron chi connectivity index (χ4n) is 2.11. The molecular weight excluding hydrogens is 280 g/mol. The van der Waals surface area contributed by atoms with Crippen molar-refractivity contribution in [3.63, 3.8) is 0 Å². The number of hydrogen-bond donors (Lipinski definition) is 0. The monoisotopic (exact) mass is 316 g/mol. The van der Waals surface area contributed by atoms with E-state index >= 15 is 0 Å². The molecule has 2 aliphatic rings. The van der Waals surface area contributed by atoms with Crippen LogP contribution in [0.5, 0.6) is 0 Å². The van der Waals surface area contributed by atoms with Crippen LogP contribution in [-0.2, 0) is 19.0 Å². The van der Waals surface area contributed by atoms with Gasteiger partial charge in [0.15, 0.2) is 5.79 Å². The molecule has 0 atom stereocenters. The largest absolute Gasteiger partial charge is 0.364 e. The maximum atomic E-state index is 9.44. The third-order valence-electron chi connectivity index (χ3n) is 4.37. The molecule has 2 rings (SSSR count). The van der Waals surface area contributed by atoms with Crippen molar-refractivity contribution in [1.29, 1.82) is 0 Å². The molecule has 0 aromatic carbocycles. The summed E-state index contributed by atoms with van der Waals surface area (Å²) in [6.07, 6.45) is 0. The molecule has 0 aromatic heterocycles. The highest BCUT2D eigenvalue weighted by Crippen LogP contribution is 2.46. The Hall–Kier alpha value is -0.450. The Bertz CT molecular complexity index is 369. The summed E-state index contributed by atoms with van der Waals surface area (Å²) in [5.41, 5.74) is -0.104. The molecule has 0 aromatic rings. The van der Waals surface area contributed by atoms with E-state index in [0.717, 1.165) is 0 Å². The molecule has 0 spiro atoms. The van der Waals surface area contributed by atoms with Crippen LogP contribution in [0.1, 0.15) is 83.1 Å². The van der Waals surface area contributed by atoms with Gasteiger partial charge in [-0.3, -0.25) is 0 Å². The number of epoxide rings is 1. The zero-order valence-corrected chi connectivity index (χ0v) is 16.6. The van der Waals surface area contributed by atoms with Crippen LogP contribution in [0.4, 0.5) is 0 Å². The smallest absolute Gasteiger partial charge is 0.164 e. The van der Waals surface area contributed by atoms with Crippen molar-refractivity contribution in [2.75, 3.05) is 0 Å². The number of hydrogen-bond acceptors (Lipinski definition) is 4. The van der Waals surface area contributed by atoms with Gasteiger partial charge in [-0.25, -0.2) is 0 Å². The number of rotatable bonds is 0. The molecule has 4 nitrogen and oxygen atoms in total. The van der Waals surface area contributed by atoms with E-state index in [1.54, 1.807) is 0 Å². The zero-order valence-electron chi connectivity index (χ0n) is 16.6. The van der Waals surface area contributed by atoms with Crippen LogP contribution in [0, 0.1) is 0 Å². The Kier molecular flexibility index (Phi) is 6.09. The standard InChI is InChI=1S/C9H18O2.C6H12O.C3H6O/c1-7(2)8(3,4)11-9(5,6)10-7;1-5(2)6(3,4)7-5;1-3(2)4/h1-6H3;1-4H3;1-2H3. The van der Waals surface area contributed by atoms with Crippen LogP contribution in [0.15, 0.2) is 0 Å². The fourth-order valence-corrected chi connectivity index (χ4v) is 2.11. The second kappa shape index (κ2) is 6.21. The predicted molar refractivity (Wildman–Crippen MR) is 90.0 cm³/mol. The van der Waals surface area contributed by atoms with E-state index in [-0.39, 0.29) is 28.2 Å². The highest BCUT2D eigenvalue weighted by molar-refractivity contribution is 5.72. The van der Waals surface area contributed by atoms with Crippen molar-refractivity contribution in [2.45, 2.75) is 111 Å². The summed E-state index contributed by atoms with van der Waals surface area (Å²) in [5, 5.41) is 0. The van der Waals surface area contributed by atoms with Crippen molar-refractivity contribution < 1.29 is 19.0 Å². The van der Waals surface area contributed by atoms with Crippen molar-refractivity contribution >= 4 is 5.78 Å². The van der Waals surface area contributed by atoms with Crippen LogP contribution < -0.4 is 0 Å². The van der Waals surface area contributed by atoms with Crippen LogP contribution in [-0.4, -0.2) is 34.0 Å². The van der Waals surface area contributed by atoms with Gasteiger partial charge in [-0.05, 0) is 83.1 Å². The quantitative estimate of drug-likeness (QED) is 0.618. The molecule has 0 saturated carbocycles. The lowest BCUT2D eigenvalue weighted by molar-refractivity contribution is -0.163. The van der Waals surface area contributed by atoms with E-state index in [9.17, 15) is 4.79 Å². The molecule has 2 aliphatic heterocycles. The SMILES string of the molecule is CC(C)=O.CC1(C)OC(C)(C)C(C)(C)O1.CC1(C)OC1(C)C. The van der Waals surface area contributed by atoms with Gasteiger partial charge in [-0.15, -0.1) is 0 Å². The topological polar surface area (TPSA) is 48.1 Å². The molecular formula is C18H36O4. The lowest BCUT2D eigenvalue weighted by Crippen LogP contribution is -2.41. The van der Waals surface area contributed by atoms with Gasteiger partial charge >= 0.3 is 0 Å². The molecule has 2 heterocycles. The number of ether oxygens (including phenoxy) is 3. The maximum absolute atomic E-state index is 9.44. The molecule has 0 bridgehead atoms. The molecule has 0 unspecified atom stereocenters. The van der Waals surface area contributed by atoms with E-state index in [1.807, 2.05) is 13.8 Å². The third-order valence-corrected chi connectivity index (χ3v) is 4.37. The summed E-state index contributed by atoms with van der Waals surface area (Å²) in [6.45, 7) is 23.6. The molecule has 0 amide bonds. The van der Waals surface area contributed by atoms with Gasteiger partial charge in [0.1, 0.15) is 5.78 Å². The van der Waals surface area contributed by atoms with Crippen molar-refractivity contribution in [3.8, 4) is 0 Å². The average Bonchev–Trinajstić information content (AvgIpc) is 2.48. The first-order chi connectivity index (χ1) is 9.35. The molecule has 22 heavy (non-hydrogen) atoms. The van der Waals surface area contributed by atoms with Gasteiger partial charge in [0.05, 0.1) is 22.4 Å². The number of ketones is 1. The number of carbonyl (C=O) groups is 1.